The Morgan fingerprint density at radius 2 is 2.14 bits per heavy atom. The number of rotatable bonds is 3. The van der Waals surface area contributed by atoms with E-state index < -0.39 is 17.6 Å². The van der Waals surface area contributed by atoms with Crippen molar-refractivity contribution in [2.45, 2.75) is 38.1 Å². The van der Waals surface area contributed by atoms with E-state index in [0.29, 0.717) is 6.07 Å². The molecule has 1 N–H and O–H groups in total. The SMILES string of the molecule is Fc1ccc(CNC2CCCn3ncnc32)c(C(F)(F)F)c1. The molecule has 1 aliphatic heterocycles. The van der Waals surface area contributed by atoms with Crippen molar-refractivity contribution in [3.05, 3.63) is 47.3 Å². The Morgan fingerprint density at radius 3 is 2.91 bits per heavy atom. The van der Waals surface area contributed by atoms with E-state index in [4.69, 9.17) is 0 Å². The highest BCUT2D eigenvalue weighted by Crippen LogP contribution is 2.33. The molecule has 1 aromatic heterocycles. The number of halogens is 4. The van der Waals surface area contributed by atoms with Gasteiger partial charge in [0, 0.05) is 13.1 Å². The molecule has 8 heteroatoms. The molecule has 0 aliphatic carbocycles. The number of nitrogens with one attached hydrogen (secondary N) is 1. The largest absolute Gasteiger partial charge is 0.416 e. The summed E-state index contributed by atoms with van der Waals surface area (Å²) in [5.74, 6) is -0.171. The third kappa shape index (κ3) is 2.96. The molecule has 22 heavy (non-hydrogen) atoms. The lowest BCUT2D eigenvalue weighted by Crippen LogP contribution is -2.29. The van der Waals surface area contributed by atoms with Crippen LogP contribution in [0.15, 0.2) is 24.5 Å². The first-order valence-electron chi connectivity index (χ1n) is 6.92. The Morgan fingerprint density at radius 1 is 1.32 bits per heavy atom. The van der Waals surface area contributed by atoms with E-state index in [9.17, 15) is 17.6 Å². The Kier molecular flexibility index (Phi) is 3.86. The predicted molar refractivity (Wildman–Crippen MR) is 70.2 cm³/mol. The van der Waals surface area contributed by atoms with Gasteiger partial charge >= 0.3 is 6.18 Å². The van der Waals surface area contributed by atoms with Crippen LogP contribution < -0.4 is 5.32 Å². The van der Waals surface area contributed by atoms with E-state index in [1.807, 2.05) is 0 Å². The normalized spacial score (nSPS) is 18.3. The van der Waals surface area contributed by atoms with Crippen molar-refractivity contribution in [3.8, 4) is 0 Å². The van der Waals surface area contributed by atoms with Gasteiger partial charge in [0.2, 0.25) is 0 Å². The van der Waals surface area contributed by atoms with Crippen molar-refractivity contribution in [1.29, 1.82) is 0 Å². The number of benzene rings is 1. The summed E-state index contributed by atoms with van der Waals surface area (Å²) in [6.07, 6.45) is -1.48. The van der Waals surface area contributed by atoms with Gasteiger partial charge < -0.3 is 5.32 Å². The van der Waals surface area contributed by atoms with Gasteiger partial charge in [-0.25, -0.2) is 14.1 Å². The fraction of sp³-hybridized carbons (Fsp3) is 0.429. The highest BCUT2D eigenvalue weighted by molar-refractivity contribution is 5.30. The lowest BCUT2D eigenvalue weighted by Gasteiger charge is -2.24. The molecule has 2 heterocycles. The van der Waals surface area contributed by atoms with Gasteiger partial charge in [-0.3, -0.25) is 0 Å². The van der Waals surface area contributed by atoms with E-state index in [1.165, 1.54) is 12.4 Å². The summed E-state index contributed by atoms with van der Waals surface area (Å²) in [5, 5.41) is 7.13. The molecule has 1 aromatic carbocycles. The summed E-state index contributed by atoms with van der Waals surface area (Å²) in [6.45, 7) is 0.754. The van der Waals surface area contributed by atoms with Crippen LogP contribution in [0, 0.1) is 5.82 Å². The summed E-state index contributed by atoms with van der Waals surface area (Å²) in [5.41, 5.74) is -0.928. The summed E-state index contributed by atoms with van der Waals surface area (Å²) in [7, 11) is 0. The maximum Gasteiger partial charge on any atom is 0.416 e. The molecule has 0 fully saturated rings. The molecule has 2 aromatic rings. The lowest BCUT2D eigenvalue weighted by molar-refractivity contribution is -0.138. The lowest BCUT2D eigenvalue weighted by atomic mass is 10.0. The minimum Gasteiger partial charge on any atom is -0.303 e. The van der Waals surface area contributed by atoms with Crippen molar-refractivity contribution in [3.63, 3.8) is 0 Å². The first kappa shape index (κ1) is 15.0. The first-order chi connectivity index (χ1) is 10.4. The summed E-state index contributed by atoms with van der Waals surface area (Å²) >= 11 is 0. The number of nitrogens with zero attached hydrogens (tertiary/aromatic N) is 3. The fourth-order valence-corrected chi connectivity index (χ4v) is 2.68. The third-order valence-corrected chi connectivity index (χ3v) is 3.74. The van der Waals surface area contributed by atoms with Crippen molar-refractivity contribution in [1.82, 2.24) is 20.1 Å². The molecule has 118 valence electrons. The second kappa shape index (κ2) is 5.68. The molecule has 1 aliphatic rings. The fourth-order valence-electron chi connectivity index (χ4n) is 2.68. The number of aryl methyl sites for hydroxylation is 1. The van der Waals surface area contributed by atoms with Crippen LogP contribution in [-0.2, 0) is 19.3 Å². The minimum absolute atomic E-state index is 0.00729. The molecule has 1 atom stereocenters. The molecule has 0 saturated heterocycles. The molecule has 0 saturated carbocycles. The molecule has 4 nitrogen and oxygen atoms in total. The Hall–Kier alpha value is -1.96. The van der Waals surface area contributed by atoms with Crippen molar-refractivity contribution >= 4 is 0 Å². The second-order valence-electron chi connectivity index (χ2n) is 5.22. The van der Waals surface area contributed by atoms with Crippen LogP contribution in [0.2, 0.25) is 0 Å². The quantitative estimate of drug-likeness (QED) is 0.886. The molecule has 0 radical (unpaired) electrons. The van der Waals surface area contributed by atoms with Gasteiger partial charge in [-0.05, 0) is 30.5 Å². The predicted octanol–water partition coefficient (Wildman–Crippen LogP) is 3.06. The average molecular weight is 314 g/mol. The molecule has 3 rings (SSSR count). The number of hydrogen-bond donors (Lipinski definition) is 1. The standard InChI is InChI=1S/C14H14F4N4/c15-10-4-3-9(11(6-10)14(16,17)18)7-19-12-2-1-5-22-13(12)20-8-21-22/h3-4,6,8,12,19H,1-2,5,7H2. The Bertz CT molecular complexity index is 665. The Balaban J connectivity index is 1.78. The van der Waals surface area contributed by atoms with E-state index >= 15 is 0 Å². The van der Waals surface area contributed by atoms with Crippen LogP contribution in [0.1, 0.15) is 35.8 Å². The van der Waals surface area contributed by atoms with Crippen LogP contribution >= 0.6 is 0 Å². The number of aromatic nitrogens is 3. The van der Waals surface area contributed by atoms with Crippen LogP contribution in [-0.4, -0.2) is 14.8 Å². The van der Waals surface area contributed by atoms with Gasteiger partial charge in [-0.15, -0.1) is 0 Å². The highest BCUT2D eigenvalue weighted by Gasteiger charge is 2.34. The molecular weight excluding hydrogens is 300 g/mol. The van der Waals surface area contributed by atoms with Crippen molar-refractivity contribution in [2.24, 2.45) is 0 Å². The zero-order chi connectivity index (χ0) is 15.7. The molecule has 1 unspecified atom stereocenters. The number of fused-ring (bicyclic) bond motifs is 1. The zero-order valence-electron chi connectivity index (χ0n) is 11.6. The first-order valence-corrected chi connectivity index (χ1v) is 6.92. The van der Waals surface area contributed by atoms with Crippen LogP contribution in [0.25, 0.3) is 0 Å². The van der Waals surface area contributed by atoms with Crippen molar-refractivity contribution in [2.75, 3.05) is 0 Å². The maximum absolute atomic E-state index is 13.1. The Labute approximate surface area is 124 Å². The average Bonchev–Trinajstić information content (AvgIpc) is 2.94. The molecule has 0 spiro atoms. The summed E-state index contributed by atoms with van der Waals surface area (Å²) < 4.78 is 53.7. The van der Waals surface area contributed by atoms with E-state index in [2.05, 4.69) is 15.4 Å². The smallest absolute Gasteiger partial charge is 0.303 e. The zero-order valence-corrected chi connectivity index (χ0v) is 11.6. The summed E-state index contributed by atoms with van der Waals surface area (Å²) in [4.78, 5) is 4.14. The van der Waals surface area contributed by atoms with E-state index in [0.717, 1.165) is 31.3 Å². The highest BCUT2D eigenvalue weighted by atomic mass is 19.4. The summed E-state index contributed by atoms with van der Waals surface area (Å²) in [6, 6.07) is 2.58. The van der Waals surface area contributed by atoms with E-state index in [1.54, 1.807) is 4.68 Å². The monoisotopic (exact) mass is 314 g/mol. The van der Waals surface area contributed by atoms with Gasteiger partial charge in [-0.1, -0.05) is 6.07 Å². The number of alkyl halides is 3. The molecular formula is C14H14F4N4. The van der Waals surface area contributed by atoms with Gasteiger partial charge in [-0.2, -0.15) is 18.3 Å². The van der Waals surface area contributed by atoms with E-state index in [-0.39, 0.29) is 18.2 Å². The number of hydrogen-bond acceptors (Lipinski definition) is 3. The minimum atomic E-state index is -4.58. The van der Waals surface area contributed by atoms with Gasteiger partial charge in [0.15, 0.2) is 0 Å². The molecule has 0 amide bonds. The maximum atomic E-state index is 13.1. The van der Waals surface area contributed by atoms with Gasteiger partial charge in [0.05, 0.1) is 11.6 Å². The van der Waals surface area contributed by atoms with Crippen molar-refractivity contribution < 1.29 is 17.6 Å². The second-order valence-corrected chi connectivity index (χ2v) is 5.22. The van der Waals surface area contributed by atoms with Gasteiger partial charge in [0.25, 0.3) is 0 Å². The van der Waals surface area contributed by atoms with Crippen LogP contribution in [0.4, 0.5) is 17.6 Å². The third-order valence-electron chi connectivity index (χ3n) is 3.74. The topological polar surface area (TPSA) is 42.7 Å². The van der Waals surface area contributed by atoms with Gasteiger partial charge in [0.1, 0.15) is 18.0 Å². The molecule has 0 bridgehead atoms. The van der Waals surface area contributed by atoms with Crippen LogP contribution in [0.5, 0.6) is 0 Å². The van der Waals surface area contributed by atoms with Crippen LogP contribution in [0.3, 0.4) is 0 Å².